The summed E-state index contributed by atoms with van der Waals surface area (Å²) in [5.74, 6) is 0.464. The summed E-state index contributed by atoms with van der Waals surface area (Å²) in [6.07, 6.45) is 0.805. The lowest BCUT2D eigenvalue weighted by atomic mass is 10.00. The monoisotopic (exact) mass is 258 g/mol. The number of aromatic amines is 1. The molecule has 2 rings (SSSR count). The second-order valence-electron chi connectivity index (χ2n) is 5.70. The summed E-state index contributed by atoms with van der Waals surface area (Å²) >= 11 is 0. The molecule has 0 atom stereocenters. The fraction of sp³-hybridized carbons (Fsp3) is 0.438. The van der Waals surface area contributed by atoms with Crippen molar-refractivity contribution in [3.63, 3.8) is 0 Å². The van der Waals surface area contributed by atoms with Gasteiger partial charge in [-0.15, -0.1) is 0 Å². The third kappa shape index (κ3) is 2.80. The maximum absolute atomic E-state index is 12.5. The summed E-state index contributed by atoms with van der Waals surface area (Å²) in [7, 11) is 0. The van der Waals surface area contributed by atoms with Crippen molar-refractivity contribution < 1.29 is 0 Å². The zero-order chi connectivity index (χ0) is 14.0. The predicted molar refractivity (Wildman–Crippen MR) is 79.4 cm³/mol. The summed E-state index contributed by atoms with van der Waals surface area (Å²) in [5, 5.41) is 3.28. The highest BCUT2D eigenvalue weighted by molar-refractivity contribution is 5.62. The fourth-order valence-corrected chi connectivity index (χ4v) is 2.30. The Labute approximate surface area is 114 Å². The minimum absolute atomic E-state index is 0.113. The molecule has 1 aromatic heterocycles. The van der Waals surface area contributed by atoms with Gasteiger partial charge < -0.3 is 0 Å². The molecule has 0 fully saturated rings. The molecule has 0 saturated heterocycles. The van der Waals surface area contributed by atoms with E-state index in [1.165, 1.54) is 0 Å². The van der Waals surface area contributed by atoms with Crippen molar-refractivity contribution in [1.82, 2.24) is 9.78 Å². The number of nitrogens with zero attached hydrogens (tertiary/aromatic N) is 1. The van der Waals surface area contributed by atoms with E-state index in [0.717, 1.165) is 23.2 Å². The van der Waals surface area contributed by atoms with E-state index >= 15 is 0 Å². The first kappa shape index (κ1) is 13.7. The average molecular weight is 258 g/mol. The van der Waals surface area contributed by atoms with Crippen LogP contribution in [-0.2, 0) is 6.42 Å². The van der Waals surface area contributed by atoms with E-state index in [4.69, 9.17) is 0 Å². The molecule has 19 heavy (non-hydrogen) atoms. The summed E-state index contributed by atoms with van der Waals surface area (Å²) in [6, 6.07) is 10.2. The molecule has 0 aliphatic heterocycles. The van der Waals surface area contributed by atoms with Gasteiger partial charge in [-0.3, -0.25) is 9.89 Å². The average Bonchev–Trinajstić information content (AvgIpc) is 2.68. The Morgan fingerprint density at radius 1 is 1.11 bits per heavy atom. The fourth-order valence-electron chi connectivity index (χ4n) is 2.30. The van der Waals surface area contributed by atoms with Crippen LogP contribution in [0.2, 0.25) is 0 Å². The first-order valence-corrected chi connectivity index (χ1v) is 6.89. The maximum atomic E-state index is 12.5. The minimum Gasteiger partial charge on any atom is -0.294 e. The van der Waals surface area contributed by atoms with Crippen LogP contribution in [0.4, 0.5) is 0 Å². The van der Waals surface area contributed by atoms with Crippen molar-refractivity contribution in [3.05, 3.63) is 46.2 Å². The summed E-state index contributed by atoms with van der Waals surface area (Å²) in [6.45, 7) is 8.32. The van der Waals surface area contributed by atoms with E-state index in [-0.39, 0.29) is 11.6 Å². The van der Waals surface area contributed by atoms with Crippen LogP contribution in [0.15, 0.2) is 35.1 Å². The Balaban J connectivity index is 2.59. The van der Waals surface area contributed by atoms with Gasteiger partial charge >= 0.3 is 0 Å². The topological polar surface area (TPSA) is 37.8 Å². The highest BCUT2D eigenvalue weighted by atomic mass is 16.1. The van der Waals surface area contributed by atoms with E-state index in [0.29, 0.717) is 5.92 Å². The maximum Gasteiger partial charge on any atom is 0.270 e. The lowest BCUT2D eigenvalue weighted by molar-refractivity contribution is 0.515. The SMILES string of the molecule is CC(C)Cc1c(-c2ccccc2)[nH]n(C(C)C)c1=O. The molecular formula is C16H22N2O. The van der Waals surface area contributed by atoms with Crippen LogP contribution >= 0.6 is 0 Å². The standard InChI is InChI=1S/C16H22N2O/c1-11(2)10-14-15(13-8-6-5-7-9-13)17-18(12(3)4)16(14)19/h5-9,11-12,17H,10H2,1-4H3. The van der Waals surface area contributed by atoms with E-state index in [9.17, 15) is 4.79 Å². The number of nitrogens with one attached hydrogen (secondary N) is 1. The molecule has 0 unspecified atom stereocenters. The van der Waals surface area contributed by atoms with Crippen molar-refractivity contribution in [2.45, 2.75) is 40.2 Å². The van der Waals surface area contributed by atoms with Crippen LogP contribution in [0.3, 0.4) is 0 Å². The van der Waals surface area contributed by atoms with Crippen LogP contribution in [0.5, 0.6) is 0 Å². The molecule has 3 nitrogen and oxygen atoms in total. The second kappa shape index (κ2) is 5.47. The highest BCUT2D eigenvalue weighted by Crippen LogP contribution is 2.22. The van der Waals surface area contributed by atoms with Gasteiger partial charge in [0.2, 0.25) is 0 Å². The number of aromatic nitrogens is 2. The molecule has 0 spiro atoms. The summed E-state index contributed by atoms with van der Waals surface area (Å²) in [5.41, 5.74) is 3.06. The van der Waals surface area contributed by atoms with Gasteiger partial charge in [-0.05, 0) is 31.7 Å². The van der Waals surface area contributed by atoms with E-state index < -0.39 is 0 Å². The van der Waals surface area contributed by atoms with E-state index in [1.807, 2.05) is 44.2 Å². The van der Waals surface area contributed by atoms with Crippen molar-refractivity contribution >= 4 is 0 Å². The summed E-state index contributed by atoms with van der Waals surface area (Å²) in [4.78, 5) is 12.5. The molecule has 0 aliphatic rings. The lowest BCUT2D eigenvalue weighted by Gasteiger charge is -2.05. The Hall–Kier alpha value is -1.77. The van der Waals surface area contributed by atoms with Gasteiger partial charge in [0.25, 0.3) is 5.56 Å². The molecule has 1 heterocycles. The molecule has 3 heteroatoms. The number of rotatable bonds is 4. The molecule has 2 aromatic rings. The Morgan fingerprint density at radius 3 is 2.26 bits per heavy atom. The van der Waals surface area contributed by atoms with Gasteiger partial charge in [0.15, 0.2) is 0 Å². The van der Waals surface area contributed by atoms with Gasteiger partial charge in [-0.2, -0.15) is 0 Å². The minimum atomic E-state index is 0.113. The van der Waals surface area contributed by atoms with E-state index in [2.05, 4.69) is 18.9 Å². The van der Waals surface area contributed by atoms with Gasteiger partial charge in [0.05, 0.1) is 5.69 Å². The Morgan fingerprint density at radius 2 is 1.74 bits per heavy atom. The van der Waals surface area contributed by atoms with E-state index in [1.54, 1.807) is 4.68 Å². The first-order chi connectivity index (χ1) is 9.00. The van der Waals surface area contributed by atoms with Crippen molar-refractivity contribution in [3.8, 4) is 11.3 Å². The smallest absolute Gasteiger partial charge is 0.270 e. The van der Waals surface area contributed by atoms with Crippen molar-refractivity contribution in [2.75, 3.05) is 0 Å². The molecule has 1 N–H and O–H groups in total. The molecular weight excluding hydrogens is 236 g/mol. The van der Waals surface area contributed by atoms with Crippen molar-refractivity contribution in [1.29, 1.82) is 0 Å². The third-order valence-electron chi connectivity index (χ3n) is 3.20. The zero-order valence-corrected chi connectivity index (χ0v) is 12.1. The van der Waals surface area contributed by atoms with Crippen LogP contribution in [0.1, 0.15) is 39.3 Å². The molecule has 0 aliphatic carbocycles. The second-order valence-corrected chi connectivity index (χ2v) is 5.70. The first-order valence-electron chi connectivity index (χ1n) is 6.89. The number of benzene rings is 1. The van der Waals surface area contributed by atoms with Crippen LogP contribution in [-0.4, -0.2) is 9.78 Å². The highest BCUT2D eigenvalue weighted by Gasteiger charge is 2.17. The quantitative estimate of drug-likeness (QED) is 0.893. The number of hydrogen-bond donors (Lipinski definition) is 1. The van der Waals surface area contributed by atoms with Crippen LogP contribution < -0.4 is 5.56 Å². The Bertz CT molecular complexity index is 591. The van der Waals surface area contributed by atoms with Crippen LogP contribution in [0.25, 0.3) is 11.3 Å². The van der Waals surface area contributed by atoms with Gasteiger partial charge in [-0.1, -0.05) is 44.2 Å². The van der Waals surface area contributed by atoms with Gasteiger partial charge in [0.1, 0.15) is 0 Å². The van der Waals surface area contributed by atoms with Gasteiger partial charge in [0, 0.05) is 11.6 Å². The van der Waals surface area contributed by atoms with Crippen LogP contribution in [0, 0.1) is 5.92 Å². The molecule has 1 aromatic carbocycles. The van der Waals surface area contributed by atoms with Gasteiger partial charge in [-0.25, -0.2) is 4.68 Å². The number of hydrogen-bond acceptors (Lipinski definition) is 1. The molecule has 0 saturated carbocycles. The Kier molecular flexibility index (Phi) is 3.93. The number of H-pyrrole nitrogens is 1. The lowest BCUT2D eigenvalue weighted by Crippen LogP contribution is -2.21. The zero-order valence-electron chi connectivity index (χ0n) is 12.1. The molecule has 0 bridgehead atoms. The normalized spacial score (nSPS) is 11.5. The molecule has 102 valence electrons. The van der Waals surface area contributed by atoms with Crippen molar-refractivity contribution in [2.24, 2.45) is 5.92 Å². The largest absolute Gasteiger partial charge is 0.294 e. The summed E-state index contributed by atoms with van der Waals surface area (Å²) < 4.78 is 1.72. The predicted octanol–water partition coefficient (Wildman–Crippen LogP) is 3.62. The molecule has 0 radical (unpaired) electrons. The molecule has 0 amide bonds. The third-order valence-corrected chi connectivity index (χ3v) is 3.20.